The van der Waals surface area contributed by atoms with Crippen molar-refractivity contribution in [1.29, 1.82) is 0 Å². The van der Waals surface area contributed by atoms with Gasteiger partial charge in [0.2, 0.25) is 5.82 Å². The van der Waals surface area contributed by atoms with E-state index < -0.39 is 12.0 Å². The molecule has 2 N–H and O–H groups in total. The first kappa shape index (κ1) is 15.1. The summed E-state index contributed by atoms with van der Waals surface area (Å²) in [6, 6.07) is 1.44. The third-order valence-electron chi connectivity index (χ3n) is 2.69. The van der Waals surface area contributed by atoms with Gasteiger partial charge in [-0.3, -0.25) is 0 Å². The highest BCUT2D eigenvalue weighted by atomic mass is 19.4. The Balaban J connectivity index is 1.95. The van der Waals surface area contributed by atoms with E-state index in [1.54, 1.807) is 12.5 Å². The van der Waals surface area contributed by atoms with Crippen molar-refractivity contribution < 1.29 is 13.2 Å². The van der Waals surface area contributed by atoms with Crippen LogP contribution in [0.3, 0.4) is 0 Å². The Morgan fingerprint density at radius 2 is 2.00 bits per heavy atom. The Kier molecular flexibility index (Phi) is 4.61. The van der Waals surface area contributed by atoms with Gasteiger partial charge in [0, 0.05) is 38.6 Å². The van der Waals surface area contributed by atoms with E-state index in [1.807, 2.05) is 10.8 Å². The van der Waals surface area contributed by atoms with Crippen LogP contribution in [0, 0.1) is 0 Å². The van der Waals surface area contributed by atoms with Gasteiger partial charge in [-0.15, -0.1) is 0 Å². The third kappa shape index (κ3) is 4.33. The van der Waals surface area contributed by atoms with E-state index >= 15 is 0 Å². The van der Waals surface area contributed by atoms with Crippen molar-refractivity contribution in [2.45, 2.75) is 19.1 Å². The van der Waals surface area contributed by atoms with Gasteiger partial charge < -0.3 is 15.2 Å². The number of hydrogen-bond donors (Lipinski definition) is 2. The fourth-order valence-electron chi connectivity index (χ4n) is 1.69. The zero-order chi connectivity index (χ0) is 15.3. The molecule has 114 valence electrons. The molecule has 0 unspecified atom stereocenters. The van der Waals surface area contributed by atoms with Gasteiger partial charge >= 0.3 is 6.18 Å². The molecular formula is C12H15F3N6. The highest BCUT2D eigenvalue weighted by Crippen LogP contribution is 2.28. The molecule has 6 nitrogen and oxygen atoms in total. The molecular weight excluding hydrogens is 285 g/mol. The predicted molar refractivity (Wildman–Crippen MR) is 71.9 cm³/mol. The summed E-state index contributed by atoms with van der Waals surface area (Å²) in [7, 11) is 1.51. The Labute approximate surface area is 119 Å². The number of imidazole rings is 1. The number of aryl methyl sites for hydroxylation is 1. The monoisotopic (exact) mass is 300 g/mol. The van der Waals surface area contributed by atoms with Crippen LogP contribution >= 0.6 is 0 Å². The molecule has 21 heavy (non-hydrogen) atoms. The maximum Gasteiger partial charge on any atom is 0.451 e. The molecule has 0 aliphatic rings. The van der Waals surface area contributed by atoms with Gasteiger partial charge in [-0.1, -0.05) is 0 Å². The van der Waals surface area contributed by atoms with Gasteiger partial charge in [0.15, 0.2) is 0 Å². The molecule has 0 fully saturated rings. The van der Waals surface area contributed by atoms with Crippen LogP contribution in [0.15, 0.2) is 24.8 Å². The zero-order valence-electron chi connectivity index (χ0n) is 11.4. The fraction of sp³-hybridized carbons (Fsp3) is 0.417. The highest BCUT2D eigenvalue weighted by molar-refractivity contribution is 5.47. The van der Waals surface area contributed by atoms with Crippen LogP contribution in [0.4, 0.5) is 24.8 Å². The molecule has 0 radical (unpaired) electrons. The summed E-state index contributed by atoms with van der Waals surface area (Å²) in [5, 5.41) is 5.46. The van der Waals surface area contributed by atoms with Gasteiger partial charge in [0.05, 0.1) is 6.33 Å². The molecule has 0 bridgehead atoms. The summed E-state index contributed by atoms with van der Waals surface area (Å²) in [5.41, 5.74) is 0. The van der Waals surface area contributed by atoms with E-state index in [9.17, 15) is 13.2 Å². The molecule has 0 aliphatic heterocycles. The molecule has 0 aromatic carbocycles. The number of nitrogens with zero attached hydrogens (tertiary/aromatic N) is 4. The summed E-state index contributed by atoms with van der Waals surface area (Å²) in [6.45, 7) is 1.22. The normalized spacial score (nSPS) is 11.4. The van der Waals surface area contributed by atoms with Crippen molar-refractivity contribution in [2.24, 2.45) is 0 Å². The number of nitrogens with one attached hydrogen (secondary N) is 2. The minimum atomic E-state index is -4.57. The summed E-state index contributed by atoms with van der Waals surface area (Å²) in [6.07, 6.45) is 1.35. The van der Waals surface area contributed by atoms with Crippen LogP contribution in [0.2, 0.25) is 0 Å². The molecule has 0 aliphatic carbocycles. The van der Waals surface area contributed by atoms with E-state index in [2.05, 4.69) is 25.6 Å². The van der Waals surface area contributed by atoms with Crippen molar-refractivity contribution in [3.63, 3.8) is 0 Å². The lowest BCUT2D eigenvalue weighted by molar-refractivity contribution is -0.144. The van der Waals surface area contributed by atoms with Crippen LogP contribution in [0.1, 0.15) is 12.2 Å². The average molecular weight is 300 g/mol. The Morgan fingerprint density at radius 3 is 2.62 bits per heavy atom. The third-order valence-corrected chi connectivity index (χ3v) is 2.69. The number of aromatic nitrogens is 4. The first-order valence-corrected chi connectivity index (χ1v) is 6.32. The lowest BCUT2D eigenvalue weighted by atomic mass is 10.4. The topological polar surface area (TPSA) is 67.7 Å². The quantitative estimate of drug-likeness (QED) is 0.801. The van der Waals surface area contributed by atoms with E-state index in [0.29, 0.717) is 6.54 Å². The number of halogens is 3. The SMILES string of the molecule is CNc1cc(NCCCn2ccnc2)nc(C(F)(F)F)n1. The summed E-state index contributed by atoms with van der Waals surface area (Å²) in [5.74, 6) is -0.895. The van der Waals surface area contributed by atoms with Crippen LogP contribution in [-0.2, 0) is 12.7 Å². The van der Waals surface area contributed by atoms with Crippen LogP contribution < -0.4 is 10.6 Å². The van der Waals surface area contributed by atoms with Crippen LogP contribution in [0.25, 0.3) is 0 Å². The van der Waals surface area contributed by atoms with Gasteiger partial charge in [-0.2, -0.15) is 13.2 Å². The van der Waals surface area contributed by atoms with Gasteiger partial charge in [-0.05, 0) is 6.42 Å². The lowest BCUT2D eigenvalue weighted by Gasteiger charge is -2.11. The van der Waals surface area contributed by atoms with Crippen LogP contribution in [-0.4, -0.2) is 33.1 Å². The Bertz CT molecular complexity index is 567. The molecule has 2 aromatic heterocycles. The number of hydrogen-bond acceptors (Lipinski definition) is 5. The summed E-state index contributed by atoms with van der Waals surface area (Å²) in [4.78, 5) is 10.8. The molecule has 0 saturated carbocycles. The molecule has 0 amide bonds. The average Bonchev–Trinajstić information content (AvgIpc) is 2.95. The molecule has 2 rings (SSSR count). The van der Waals surface area contributed by atoms with E-state index in [-0.39, 0.29) is 11.6 Å². The number of anilines is 2. The second-order valence-electron chi connectivity index (χ2n) is 4.29. The predicted octanol–water partition coefficient (Wildman–Crippen LogP) is 2.24. The Hall–Kier alpha value is -2.32. The largest absolute Gasteiger partial charge is 0.451 e. The number of alkyl halides is 3. The van der Waals surface area contributed by atoms with Crippen LogP contribution in [0.5, 0.6) is 0 Å². The second kappa shape index (κ2) is 6.42. The molecule has 0 saturated heterocycles. The van der Waals surface area contributed by atoms with E-state index in [4.69, 9.17) is 0 Å². The first-order chi connectivity index (χ1) is 9.99. The van der Waals surface area contributed by atoms with Crippen molar-refractivity contribution in [2.75, 3.05) is 24.2 Å². The molecule has 2 heterocycles. The van der Waals surface area contributed by atoms with E-state index in [0.717, 1.165) is 13.0 Å². The smallest absolute Gasteiger partial charge is 0.373 e. The van der Waals surface area contributed by atoms with Crippen molar-refractivity contribution in [3.05, 3.63) is 30.6 Å². The van der Waals surface area contributed by atoms with Gasteiger partial charge in [-0.25, -0.2) is 15.0 Å². The highest BCUT2D eigenvalue weighted by Gasteiger charge is 2.35. The molecule has 2 aromatic rings. The molecule has 0 spiro atoms. The number of rotatable bonds is 6. The molecule has 9 heteroatoms. The van der Waals surface area contributed by atoms with Crippen molar-refractivity contribution in [1.82, 2.24) is 19.5 Å². The maximum atomic E-state index is 12.7. The maximum absolute atomic E-state index is 12.7. The fourth-order valence-corrected chi connectivity index (χ4v) is 1.69. The first-order valence-electron chi connectivity index (χ1n) is 6.32. The van der Waals surface area contributed by atoms with Crippen molar-refractivity contribution >= 4 is 11.6 Å². The minimum Gasteiger partial charge on any atom is -0.373 e. The Morgan fingerprint density at radius 1 is 1.24 bits per heavy atom. The minimum absolute atomic E-state index is 0.120. The summed E-state index contributed by atoms with van der Waals surface area (Å²) < 4.78 is 39.9. The lowest BCUT2D eigenvalue weighted by Crippen LogP contribution is -2.15. The summed E-state index contributed by atoms with van der Waals surface area (Å²) >= 11 is 0. The molecule has 0 atom stereocenters. The second-order valence-corrected chi connectivity index (χ2v) is 4.29. The standard InChI is InChI=1S/C12H15F3N6/c1-16-9-7-10(20-11(19-9)12(13,14)15)18-3-2-5-21-6-4-17-8-21/h4,6-8H,2-3,5H2,1H3,(H2,16,18,19,20). The van der Waals surface area contributed by atoms with Gasteiger partial charge in [0.1, 0.15) is 11.6 Å². The van der Waals surface area contributed by atoms with E-state index in [1.165, 1.54) is 13.1 Å². The van der Waals surface area contributed by atoms with Crippen molar-refractivity contribution in [3.8, 4) is 0 Å². The zero-order valence-corrected chi connectivity index (χ0v) is 11.4. The van der Waals surface area contributed by atoms with Gasteiger partial charge in [0.25, 0.3) is 0 Å².